The summed E-state index contributed by atoms with van der Waals surface area (Å²) in [7, 11) is 1.58. The van der Waals surface area contributed by atoms with Crippen LogP contribution in [0.5, 0.6) is 0 Å². The Morgan fingerprint density at radius 1 is 1.47 bits per heavy atom. The zero-order valence-corrected chi connectivity index (χ0v) is 9.98. The largest absolute Gasteiger partial charge is 0.358 e. The number of carbonyl (C=O) groups excluding carboxylic acids is 1. The minimum absolute atomic E-state index is 0. The number of nitrogens with zero attached hydrogens (tertiary/aromatic N) is 1. The molecule has 1 rings (SSSR count). The SMILES string of the molecule is CNC(=O)[C@@H](N)Cc1ccncc1.Cl.Cl. The molecule has 1 amide bonds. The first-order chi connectivity index (χ1) is 6.24. The number of aromatic nitrogens is 1. The van der Waals surface area contributed by atoms with Crippen molar-refractivity contribution in [3.63, 3.8) is 0 Å². The molecule has 0 aromatic carbocycles. The highest BCUT2D eigenvalue weighted by Gasteiger charge is 2.11. The summed E-state index contributed by atoms with van der Waals surface area (Å²) in [6.45, 7) is 0. The molecular formula is C9H15Cl2N3O. The predicted octanol–water partition coefficient (Wildman–Crippen LogP) is 0.541. The number of likely N-dealkylation sites (N-methyl/N-ethyl adjacent to an activating group) is 1. The molecule has 0 aliphatic carbocycles. The average molecular weight is 252 g/mol. The molecule has 0 radical (unpaired) electrons. The summed E-state index contributed by atoms with van der Waals surface area (Å²) in [5.41, 5.74) is 6.65. The molecule has 0 aliphatic rings. The number of halogens is 2. The molecule has 6 heteroatoms. The van der Waals surface area contributed by atoms with Crippen molar-refractivity contribution in [1.29, 1.82) is 0 Å². The summed E-state index contributed by atoms with van der Waals surface area (Å²) >= 11 is 0. The quantitative estimate of drug-likeness (QED) is 0.825. The van der Waals surface area contributed by atoms with Crippen LogP contribution in [-0.2, 0) is 11.2 Å². The maximum Gasteiger partial charge on any atom is 0.237 e. The van der Waals surface area contributed by atoms with E-state index in [9.17, 15) is 4.79 Å². The van der Waals surface area contributed by atoms with Crippen LogP contribution < -0.4 is 11.1 Å². The first-order valence-corrected chi connectivity index (χ1v) is 4.10. The monoisotopic (exact) mass is 251 g/mol. The summed E-state index contributed by atoms with van der Waals surface area (Å²) in [4.78, 5) is 14.9. The van der Waals surface area contributed by atoms with Gasteiger partial charge in [0.15, 0.2) is 0 Å². The fraction of sp³-hybridized carbons (Fsp3) is 0.333. The van der Waals surface area contributed by atoms with E-state index in [0.29, 0.717) is 6.42 Å². The van der Waals surface area contributed by atoms with Gasteiger partial charge in [0.1, 0.15) is 0 Å². The first kappa shape index (κ1) is 16.6. The van der Waals surface area contributed by atoms with Crippen molar-refractivity contribution in [1.82, 2.24) is 10.3 Å². The molecule has 3 N–H and O–H groups in total. The van der Waals surface area contributed by atoms with Crippen LogP contribution in [-0.4, -0.2) is 24.0 Å². The summed E-state index contributed by atoms with van der Waals surface area (Å²) in [5.74, 6) is -0.142. The lowest BCUT2D eigenvalue weighted by Crippen LogP contribution is -2.40. The average Bonchev–Trinajstić information content (AvgIpc) is 2.18. The molecule has 0 fully saturated rings. The lowest BCUT2D eigenvalue weighted by atomic mass is 10.1. The third-order valence-corrected chi connectivity index (χ3v) is 1.79. The number of rotatable bonds is 3. The highest BCUT2D eigenvalue weighted by Crippen LogP contribution is 1.99. The summed E-state index contributed by atoms with van der Waals surface area (Å²) in [6, 6.07) is 3.22. The molecule has 1 aromatic rings. The van der Waals surface area contributed by atoms with Gasteiger partial charge in [-0.2, -0.15) is 0 Å². The van der Waals surface area contributed by atoms with Crippen LogP contribution >= 0.6 is 24.8 Å². The topological polar surface area (TPSA) is 68.0 Å². The van der Waals surface area contributed by atoms with Crippen molar-refractivity contribution in [2.24, 2.45) is 5.73 Å². The Bertz CT molecular complexity index is 282. The Balaban J connectivity index is 0. The van der Waals surface area contributed by atoms with Gasteiger partial charge < -0.3 is 11.1 Å². The van der Waals surface area contributed by atoms with Gasteiger partial charge in [0, 0.05) is 19.4 Å². The van der Waals surface area contributed by atoms with Gasteiger partial charge in [0.25, 0.3) is 0 Å². The molecular weight excluding hydrogens is 237 g/mol. The Kier molecular flexibility index (Phi) is 9.36. The van der Waals surface area contributed by atoms with E-state index in [2.05, 4.69) is 10.3 Å². The van der Waals surface area contributed by atoms with E-state index in [-0.39, 0.29) is 30.7 Å². The third kappa shape index (κ3) is 5.57. The number of nitrogens with one attached hydrogen (secondary N) is 1. The van der Waals surface area contributed by atoms with Gasteiger partial charge in [-0.25, -0.2) is 0 Å². The Hall–Kier alpha value is -0.840. The zero-order chi connectivity index (χ0) is 9.68. The molecule has 86 valence electrons. The van der Waals surface area contributed by atoms with Crippen molar-refractivity contribution < 1.29 is 4.79 Å². The lowest BCUT2D eigenvalue weighted by Gasteiger charge is -2.08. The second-order valence-electron chi connectivity index (χ2n) is 2.78. The molecule has 0 saturated carbocycles. The molecule has 1 atom stereocenters. The summed E-state index contributed by atoms with van der Waals surface area (Å²) < 4.78 is 0. The number of carbonyl (C=O) groups is 1. The van der Waals surface area contributed by atoms with Crippen molar-refractivity contribution >= 4 is 30.7 Å². The standard InChI is InChI=1S/C9H13N3O.2ClH/c1-11-9(13)8(10)6-7-2-4-12-5-3-7;;/h2-5,8H,6,10H2,1H3,(H,11,13);2*1H/t8-;;/m0../s1. The Morgan fingerprint density at radius 2 is 2.00 bits per heavy atom. The maximum absolute atomic E-state index is 11.1. The van der Waals surface area contributed by atoms with Gasteiger partial charge >= 0.3 is 0 Å². The fourth-order valence-corrected chi connectivity index (χ4v) is 1.05. The van der Waals surface area contributed by atoms with Gasteiger partial charge in [-0.3, -0.25) is 9.78 Å². The second-order valence-corrected chi connectivity index (χ2v) is 2.78. The first-order valence-electron chi connectivity index (χ1n) is 4.10. The second kappa shape index (κ2) is 8.47. The lowest BCUT2D eigenvalue weighted by molar-refractivity contribution is -0.121. The highest BCUT2D eigenvalue weighted by atomic mass is 35.5. The van der Waals surface area contributed by atoms with Crippen molar-refractivity contribution in [3.8, 4) is 0 Å². The van der Waals surface area contributed by atoms with E-state index < -0.39 is 6.04 Å². The van der Waals surface area contributed by atoms with Crippen LogP contribution in [0.4, 0.5) is 0 Å². The van der Waals surface area contributed by atoms with Crippen molar-refractivity contribution in [2.45, 2.75) is 12.5 Å². The van der Waals surface area contributed by atoms with Gasteiger partial charge in [0.2, 0.25) is 5.91 Å². The molecule has 15 heavy (non-hydrogen) atoms. The Morgan fingerprint density at radius 3 is 2.47 bits per heavy atom. The van der Waals surface area contributed by atoms with E-state index >= 15 is 0 Å². The van der Waals surface area contributed by atoms with Crippen LogP contribution in [0.3, 0.4) is 0 Å². The van der Waals surface area contributed by atoms with E-state index in [1.165, 1.54) is 0 Å². The number of amides is 1. The van der Waals surface area contributed by atoms with Crippen molar-refractivity contribution in [3.05, 3.63) is 30.1 Å². The van der Waals surface area contributed by atoms with Gasteiger partial charge in [-0.1, -0.05) is 0 Å². The van der Waals surface area contributed by atoms with E-state index in [1.807, 2.05) is 12.1 Å². The summed E-state index contributed by atoms with van der Waals surface area (Å²) in [5, 5.41) is 2.51. The van der Waals surface area contributed by atoms with Gasteiger partial charge in [-0.15, -0.1) is 24.8 Å². The van der Waals surface area contributed by atoms with Crippen LogP contribution in [0, 0.1) is 0 Å². The Labute approximate surface area is 101 Å². The molecule has 0 aliphatic heterocycles. The van der Waals surface area contributed by atoms with Crippen molar-refractivity contribution in [2.75, 3.05) is 7.05 Å². The molecule has 4 nitrogen and oxygen atoms in total. The zero-order valence-electron chi connectivity index (χ0n) is 8.34. The third-order valence-electron chi connectivity index (χ3n) is 1.79. The summed E-state index contributed by atoms with van der Waals surface area (Å²) in [6.07, 6.45) is 3.92. The molecule has 1 aromatic heterocycles. The van der Waals surface area contributed by atoms with Gasteiger partial charge in [-0.05, 0) is 24.1 Å². The van der Waals surface area contributed by atoms with Gasteiger partial charge in [0.05, 0.1) is 6.04 Å². The van der Waals surface area contributed by atoms with Crippen LogP contribution in [0.1, 0.15) is 5.56 Å². The van der Waals surface area contributed by atoms with Crippen LogP contribution in [0.25, 0.3) is 0 Å². The molecule has 0 bridgehead atoms. The maximum atomic E-state index is 11.1. The number of hydrogen-bond donors (Lipinski definition) is 2. The normalized spacial score (nSPS) is 10.5. The minimum atomic E-state index is -0.479. The predicted molar refractivity (Wildman–Crippen MR) is 64.5 cm³/mol. The molecule has 0 saturated heterocycles. The minimum Gasteiger partial charge on any atom is -0.358 e. The highest BCUT2D eigenvalue weighted by molar-refractivity contribution is 5.85. The molecule has 0 spiro atoms. The fourth-order valence-electron chi connectivity index (χ4n) is 1.05. The smallest absolute Gasteiger partial charge is 0.237 e. The van der Waals surface area contributed by atoms with Crippen LogP contribution in [0.2, 0.25) is 0 Å². The van der Waals surface area contributed by atoms with E-state index in [0.717, 1.165) is 5.56 Å². The number of nitrogens with two attached hydrogens (primary N) is 1. The van der Waals surface area contributed by atoms with Crippen LogP contribution in [0.15, 0.2) is 24.5 Å². The number of hydrogen-bond acceptors (Lipinski definition) is 3. The molecule has 0 unspecified atom stereocenters. The van der Waals surface area contributed by atoms with E-state index in [1.54, 1.807) is 19.4 Å². The van der Waals surface area contributed by atoms with E-state index in [4.69, 9.17) is 5.73 Å². The molecule has 1 heterocycles. The number of pyridine rings is 1.